The Balaban J connectivity index is 1.45. The second-order valence-corrected chi connectivity index (χ2v) is 10.1. The molecule has 5 rings (SSSR count). The summed E-state index contributed by atoms with van der Waals surface area (Å²) in [6.07, 6.45) is 4.90. The maximum atomic E-state index is 13.6. The van der Waals surface area contributed by atoms with Crippen LogP contribution in [-0.2, 0) is 30.5 Å². The van der Waals surface area contributed by atoms with Crippen LogP contribution in [0.4, 0.5) is 4.79 Å². The number of aromatic nitrogens is 2. The highest BCUT2D eigenvalue weighted by atomic mass is 32.2. The predicted molar refractivity (Wildman–Crippen MR) is 124 cm³/mol. The van der Waals surface area contributed by atoms with Crippen molar-refractivity contribution in [2.45, 2.75) is 43.8 Å². The van der Waals surface area contributed by atoms with Crippen molar-refractivity contribution in [1.29, 1.82) is 0 Å². The Morgan fingerprint density at radius 1 is 1.10 bits per heavy atom. The fraction of sp³-hybridized carbons (Fsp3) is 0.435. The van der Waals surface area contributed by atoms with Gasteiger partial charge in [-0.15, -0.1) is 11.3 Å². The minimum Gasteiger partial charge on any atom is -0.448 e. The molecule has 6 nitrogen and oxygen atoms in total. The topological polar surface area (TPSA) is 64.4 Å². The zero-order valence-electron chi connectivity index (χ0n) is 17.3. The van der Waals surface area contributed by atoms with Gasteiger partial charge in [-0.05, 0) is 43.2 Å². The summed E-state index contributed by atoms with van der Waals surface area (Å²) in [6.45, 7) is 2.28. The van der Waals surface area contributed by atoms with E-state index in [1.165, 1.54) is 22.4 Å². The van der Waals surface area contributed by atoms with Gasteiger partial charge in [0.05, 0.1) is 11.9 Å². The van der Waals surface area contributed by atoms with Gasteiger partial charge < -0.3 is 9.64 Å². The standard InChI is InChI=1S/C23H25N3O3S2/c27-21-19-17-8-4-5-9-18(17)31-20(19)24-22(30-15-13-25-12-14-29-23(25)28)26(21)11-10-16-6-2-1-3-7-16/h1-3,6-7H,4-5,8-15H2. The van der Waals surface area contributed by atoms with Crippen LogP contribution in [0.3, 0.4) is 0 Å². The van der Waals surface area contributed by atoms with Crippen LogP contribution in [0.15, 0.2) is 40.3 Å². The van der Waals surface area contributed by atoms with Crippen LogP contribution >= 0.6 is 23.1 Å². The molecule has 0 atom stereocenters. The highest BCUT2D eigenvalue weighted by Gasteiger charge is 2.24. The Morgan fingerprint density at radius 3 is 2.74 bits per heavy atom. The smallest absolute Gasteiger partial charge is 0.409 e. The van der Waals surface area contributed by atoms with E-state index in [1.807, 2.05) is 22.8 Å². The summed E-state index contributed by atoms with van der Waals surface area (Å²) in [7, 11) is 0. The van der Waals surface area contributed by atoms with Gasteiger partial charge in [-0.2, -0.15) is 0 Å². The SMILES string of the molecule is O=C1OCCN1CCSc1nc2sc3c(c2c(=O)n1CCc1ccccc1)CCCC3. The summed E-state index contributed by atoms with van der Waals surface area (Å²) in [5, 5.41) is 1.58. The minimum atomic E-state index is -0.253. The van der Waals surface area contributed by atoms with Crippen molar-refractivity contribution in [2.24, 2.45) is 0 Å². The number of carbonyl (C=O) groups excluding carboxylic acids is 1. The van der Waals surface area contributed by atoms with Gasteiger partial charge in [0.1, 0.15) is 11.4 Å². The van der Waals surface area contributed by atoms with Crippen LogP contribution < -0.4 is 5.56 Å². The van der Waals surface area contributed by atoms with Gasteiger partial charge in [-0.3, -0.25) is 9.36 Å². The first-order valence-electron chi connectivity index (χ1n) is 10.8. The van der Waals surface area contributed by atoms with Crippen LogP contribution in [0.2, 0.25) is 0 Å². The number of thiophene rings is 1. The Labute approximate surface area is 189 Å². The molecule has 3 aromatic rings. The molecule has 1 saturated heterocycles. The molecule has 2 aliphatic rings. The maximum Gasteiger partial charge on any atom is 0.409 e. The zero-order chi connectivity index (χ0) is 21.2. The van der Waals surface area contributed by atoms with E-state index < -0.39 is 0 Å². The highest BCUT2D eigenvalue weighted by molar-refractivity contribution is 7.99. The van der Waals surface area contributed by atoms with Gasteiger partial charge in [-0.1, -0.05) is 42.1 Å². The molecular formula is C23H25N3O3S2. The summed E-state index contributed by atoms with van der Waals surface area (Å²) in [5.41, 5.74) is 2.52. The third-order valence-electron chi connectivity index (χ3n) is 5.94. The fourth-order valence-corrected chi connectivity index (χ4v) is 6.58. The second kappa shape index (κ2) is 9.04. The quantitative estimate of drug-likeness (QED) is 0.396. The summed E-state index contributed by atoms with van der Waals surface area (Å²) in [6, 6.07) is 10.2. The summed E-state index contributed by atoms with van der Waals surface area (Å²) in [5.74, 6) is 0.684. The first-order chi connectivity index (χ1) is 15.2. The lowest BCUT2D eigenvalue weighted by Gasteiger charge is -2.15. The molecule has 162 valence electrons. The number of thioether (sulfide) groups is 1. The number of rotatable bonds is 7. The number of nitrogens with zero attached hydrogens (tertiary/aromatic N) is 3. The minimum absolute atomic E-state index is 0.0865. The van der Waals surface area contributed by atoms with Crippen LogP contribution in [0.1, 0.15) is 28.8 Å². The molecule has 1 aromatic carbocycles. The van der Waals surface area contributed by atoms with E-state index in [4.69, 9.17) is 9.72 Å². The average molecular weight is 456 g/mol. The summed E-state index contributed by atoms with van der Waals surface area (Å²) in [4.78, 5) is 34.2. The van der Waals surface area contributed by atoms with E-state index >= 15 is 0 Å². The molecule has 1 aliphatic carbocycles. The fourth-order valence-electron chi connectivity index (χ4n) is 4.29. The molecule has 0 bridgehead atoms. The number of fused-ring (bicyclic) bond motifs is 3. The predicted octanol–water partition coefficient (Wildman–Crippen LogP) is 4.12. The first kappa shape index (κ1) is 20.6. The lowest BCUT2D eigenvalue weighted by Crippen LogP contribution is -2.28. The zero-order valence-corrected chi connectivity index (χ0v) is 19.0. The molecule has 0 saturated carbocycles. The molecule has 2 aromatic heterocycles. The number of carbonyl (C=O) groups is 1. The Hall–Kier alpha value is -2.32. The van der Waals surface area contributed by atoms with Crippen LogP contribution in [0.25, 0.3) is 10.2 Å². The van der Waals surface area contributed by atoms with Gasteiger partial charge in [0.15, 0.2) is 5.16 Å². The van der Waals surface area contributed by atoms with Crippen molar-refractivity contribution in [1.82, 2.24) is 14.5 Å². The summed E-state index contributed by atoms with van der Waals surface area (Å²) < 4.78 is 6.86. The van der Waals surface area contributed by atoms with Gasteiger partial charge >= 0.3 is 6.09 Å². The largest absolute Gasteiger partial charge is 0.448 e. The molecule has 8 heteroatoms. The monoisotopic (exact) mass is 455 g/mol. The third-order valence-corrected chi connectivity index (χ3v) is 8.09. The van der Waals surface area contributed by atoms with Gasteiger partial charge in [0.25, 0.3) is 5.56 Å². The Bertz CT molecular complexity index is 1160. The Morgan fingerprint density at radius 2 is 1.94 bits per heavy atom. The molecule has 0 radical (unpaired) electrons. The Kier molecular flexibility index (Phi) is 6.00. The second-order valence-electron chi connectivity index (χ2n) is 7.93. The van der Waals surface area contributed by atoms with Crippen molar-refractivity contribution >= 4 is 39.4 Å². The van der Waals surface area contributed by atoms with Crippen molar-refractivity contribution in [3.8, 4) is 0 Å². The van der Waals surface area contributed by atoms with E-state index in [9.17, 15) is 9.59 Å². The van der Waals surface area contributed by atoms with E-state index in [0.29, 0.717) is 32.0 Å². The number of aryl methyl sites for hydroxylation is 3. The number of ether oxygens (including phenoxy) is 1. The molecule has 0 unspecified atom stereocenters. The lowest BCUT2D eigenvalue weighted by molar-refractivity contribution is 0.160. The van der Waals surface area contributed by atoms with Gasteiger partial charge in [-0.25, -0.2) is 9.78 Å². The third kappa shape index (κ3) is 4.23. The molecule has 3 heterocycles. The van der Waals surface area contributed by atoms with Crippen LogP contribution in [0, 0.1) is 0 Å². The first-order valence-corrected chi connectivity index (χ1v) is 12.6. The van der Waals surface area contributed by atoms with Crippen LogP contribution in [-0.4, -0.2) is 46.0 Å². The molecule has 1 amide bonds. The summed E-state index contributed by atoms with van der Waals surface area (Å²) >= 11 is 3.24. The molecule has 0 spiro atoms. The number of hydrogen-bond acceptors (Lipinski definition) is 6. The normalized spacial score (nSPS) is 16.0. The van der Waals surface area contributed by atoms with Crippen LogP contribution in [0.5, 0.6) is 0 Å². The van der Waals surface area contributed by atoms with E-state index in [-0.39, 0.29) is 11.7 Å². The maximum absolute atomic E-state index is 13.6. The van der Waals surface area contributed by atoms with E-state index in [2.05, 4.69) is 12.1 Å². The van der Waals surface area contributed by atoms with E-state index in [1.54, 1.807) is 28.0 Å². The number of amides is 1. The molecular weight excluding hydrogens is 430 g/mol. The van der Waals surface area contributed by atoms with Gasteiger partial charge in [0.2, 0.25) is 0 Å². The van der Waals surface area contributed by atoms with Crippen molar-refractivity contribution in [3.63, 3.8) is 0 Å². The molecule has 31 heavy (non-hydrogen) atoms. The number of benzene rings is 1. The number of hydrogen-bond donors (Lipinski definition) is 0. The average Bonchev–Trinajstić information content (AvgIpc) is 3.37. The molecule has 1 fully saturated rings. The molecule has 1 aliphatic heterocycles. The van der Waals surface area contributed by atoms with E-state index in [0.717, 1.165) is 41.1 Å². The number of cyclic esters (lactones) is 1. The molecule has 0 N–H and O–H groups in total. The van der Waals surface area contributed by atoms with Crippen molar-refractivity contribution < 1.29 is 9.53 Å². The lowest BCUT2D eigenvalue weighted by atomic mass is 9.97. The van der Waals surface area contributed by atoms with Crippen molar-refractivity contribution in [3.05, 3.63) is 56.7 Å². The van der Waals surface area contributed by atoms with Gasteiger partial charge in [0, 0.05) is 23.7 Å². The highest BCUT2D eigenvalue weighted by Crippen LogP contribution is 2.34. The van der Waals surface area contributed by atoms with Crippen molar-refractivity contribution in [2.75, 3.05) is 25.4 Å².